The Labute approximate surface area is 423 Å². The van der Waals surface area contributed by atoms with Crippen molar-refractivity contribution in [3.05, 3.63) is 196 Å². The predicted molar refractivity (Wildman–Crippen MR) is 307 cm³/mol. The molecule has 0 fully saturated rings. The molecule has 0 amide bonds. The van der Waals surface area contributed by atoms with Gasteiger partial charge in [-0.3, -0.25) is 0 Å². The van der Waals surface area contributed by atoms with Crippen molar-refractivity contribution in [2.24, 2.45) is 0 Å². The van der Waals surface area contributed by atoms with Crippen LogP contribution < -0.4 is 21.3 Å². The zero-order valence-corrected chi connectivity index (χ0v) is 44.6. The Morgan fingerprint density at radius 1 is 0.465 bits per heavy atom. The zero-order chi connectivity index (χ0) is 49.9. The van der Waals surface area contributed by atoms with Gasteiger partial charge in [-0.05, 0) is 149 Å². The maximum atomic E-state index is 2.71. The van der Waals surface area contributed by atoms with E-state index in [2.05, 4.69) is 258 Å². The Bertz CT molecular complexity index is 3600. The molecule has 0 spiro atoms. The summed E-state index contributed by atoms with van der Waals surface area (Å²) in [4.78, 5) is 2.60. The monoisotopic (exact) mass is 925 g/mol. The summed E-state index contributed by atoms with van der Waals surface area (Å²) in [6.07, 6.45) is 0.812. The minimum absolute atomic E-state index is 0.00104. The normalized spacial score (nSPS) is 14.9. The van der Waals surface area contributed by atoms with E-state index < -0.39 is 0 Å². The van der Waals surface area contributed by atoms with E-state index in [4.69, 9.17) is 0 Å². The van der Waals surface area contributed by atoms with Gasteiger partial charge in [0.15, 0.2) is 0 Å². The smallest absolute Gasteiger partial charge is 0.247 e. The van der Waals surface area contributed by atoms with Crippen molar-refractivity contribution in [2.45, 2.75) is 130 Å². The number of aromatic nitrogens is 1. The van der Waals surface area contributed by atoms with Crippen LogP contribution in [0, 0.1) is 0 Å². The molecule has 71 heavy (non-hydrogen) atoms. The predicted octanol–water partition coefficient (Wildman–Crippen LogP) is 16.2. The fourth-order valence-corrected chi connectivity index (χ4v) is 12.6. The van der Waals surface area contributed by atoms with Crippen LogP contribution in [0.5, 0.6) is 0 Å². The Morgan fingerprint density at radius 3 is 1.62 bits per heavy atom. The average molecular weight is 925 g/mol. The third-order valence-electron chi connectivity index (χ3n) is 16.7. The first-order valence-electron chi connectivity index (χ1n) is 26.2. The summed E-state index contributed by atoms with van der Waals surface area (Å²) in [7, 11) is 0. The summed E-state index contributed by atoms with van der Waals surface area (Å²) >= 11 is 0. The number of rotatable bonds is 3. The molecule has 9 aromatic rings. The minimum atomic E-state index is -0.223. The highest BCUT2D eigenvalue weighted by atomic mass is 15.2. The van der Waals surface area contributed by atoms with E-state index in [-0.39, 0.29) is 33.8 Å². The summed E-state index contributed by atoms with van der Waals surface area (Å²) in [5.74, 6) is 0. The van der Waals surface area contributed by atoms with Gasteiger partial charge in [-0.15, -0.1) is 0 Å². The van der Waals surface area contributed by atoms with Crippen LogP contribution >= 0.6 is 0 Å². The van der Waals surface area contributed by atoms with E-state index in [1.54, 1.807) is 0 Å². The van der Waals surface area contributed by atoms with E-state index in [0.29, 0.717) is 0 Å². The Hall–Kier alpha value is -6.58. The molecule has 0 saturated heterocycles. The second-order valence-corrected chi connectivity index (χ2v) is 25.9. The molecule has 0 saturated carbocycles. The van der Waals surface area contributed by atoms with Gasteiger partial charge in [0.2, 0.25) is 6.71 Å². The van der Waals surface area contributed by atoms with Gasteiger partial charge in [0.05, 0.1) is 16.7 Å². The first kappa shape index (κ1) is 45.6. The average Bonchev–Trinajstić information content (AvgIpc) is 3.76. The Balaban J connectivity index is 1.24. The molecule has 2 nitrogen and oxygen atoms in total. The largest absolute Gasteiger partial charge is 0.311 e. The molecule has 0 unspecified atom stereocenters. The van der Waals surface area contributed by atoms with Gasteiger partial charge in [-0.1, -0.05) is 206 Å². The number of nitrogens with zero attached hydrogens (tertiary/aromatic N) is 2. The number of fused-ring (bicyclic) bond motifs is 10. The van der Waals surface area contributed by atoms with Crippen LogP contribution in [0.3, 0.4) is 0 Å². The van der Waals surface area contributed by atoms with Crippen LogP contribution in [-0.2, 0) is 33.5 Å². The summed E-state index contributed by atoms with van der Waals surface area (Å²) in [5.41, 5.74) is 27.9. The molecule has 0 atom stereocenters. The second kappa shape index (κ2) is 15.2. The Kier molecular flexibility index (Phi) is 9.77. The van der Waals surface area contributed by atoms with Crippen molar-refractivity contribution in [3.63, 3.8) is 0 Å². The number of hydrogen-bond acceptors (Lipinski definition) is 1. The van der Waals surface area contributed by atoms with Gasteiger partial charge in [0.1, 0.15) is 0 Å². The molecule has 1 aromatic heterocycles. The molecule has 3 heterocycles. The van der Waals surface area contributed by atoms with Crippen LogP contribution in [0.1, 0.15) is 141 Å². The highest BCUT2D eigenvalue weighted by Gasteiger charge is 2.46. The lowest BCUT2D eigenvalue weighted by Crippen LogP contribution is -2.61. The zero-order valence-electron chi connectivity index (χ0n) is 44.6. The lowest BCUT2D eigenvalue weighted by molar-refractivity contribution is 0.590. The first-order chi connectivity index (χ1) is 33.5. The van der Waals surface area contributed by atoms with Gasteiger partial charge < -0.3 is 9.47 Å². The van der Waals surface area contributed by atoms with Gasteiger partial charge in [0, 0.05) is 38.8 Å². The highest BCUT2D eigenvalue weighted by Crippen LogP contribution is 2.54. The molecular formula is C68H69BN2. The van der Waals surface area contributed by atoms with Crippen molar-refractivity contribution >= 4 is 62.0 Å². The molecular weight excluding hydrogens is 856 g/mol. The maximum absolute atomic E-state index is 2.71. The lowest BCUT2D eigenvalue weighted by Gasteiger charge is -2.42. The molecule has 2 aliphatic heterocycles. The van der Waals surface area contributed by atoms with Crippen molar-refractivity contribution in [1.82, 2.24) is 4.57 Å². The molecule has 0 N–H and O–H groups in total. The summed E-state index contributed by atoms with van der Waals surface area (Å²) in [5, 5.41) is 2.65. The highest BCUT2D eigenvalue weighted by molar-refractivity contribution is 6.99. The van der Waals surface area contributed by atoms with E-state index in [9.17, 15) is 0 Å². The maximum Gasteiger partial charge on any atom is 0.247 e. The van der Waals surface area contributed by atoms with Crippen LogP contribution in [-0.4, -0.2) is 11.3 Å². The molecule has 354 valence electrons. The summed E-state index contributed by atoms with van der Waals surface area (Å²) < 4.78 is 2.71. The summed E-state index contributed by atoms with van der Waals surface area (Å²) in [6, 6.07) is 59.7. The fraction of sp³-hybridized carbons (Fsp3) is 0.294. The quantitative estimate of drug-likeness (QED) is 0.160. The van der Waals surface area contributed by atoms with Gasteiger partial charge >= 0.3 is 0 Å². The molecule has 1 aliphatic carbocycles. The first-order valence-corrected chi connectivity index (χ1v) is 26.2. The van der Waals surface area contributed by atoms with Crippen LogP contribution in [0.25, 0.3) is 49.7 Å². The lowest BCUT2D eigenvalue weighted by atomic mass is 9.31. The minimum Gasteiger partial charge on any atom is -0.311 e. The third-order valence-corrected chi connectivity index (χ3v) is 16.7. The van der Waals surface area contributed by atoms with Crippen molar-refractivity contribution in [1.29, 1.82) is 0 Å². The molecule has 0 radical (unpaired) electrons. The topological polar surface area (TPSA) is 8.17 Å². The van der Waals surface area contributed by atoms with Crippen molar-refractivity contribution < 1.29 is 0 Å². The van der Waals surface area contributed by atoms with E-state index in [0.717, 1.165) is 6.42 Å². The number of hydrogen-bond donors (Lipinski definition) is 0. The van der Waals surface area contributed by atoms with Crippen LogP contribution in [0.15, 0.2) is 152 Å². The number of benzene rings is 8. The molecule has 0 bridgehead atoms. The molecule has 8 aromatic carbocycles. The third kappa shape index (κ3) is 6.96. The van der Waals surface area contributed by atoms with Gasteiger partial charge in [0.25, 0.3) is 0 Å². The standard InChI is InChI=1S/C68H69BN2/c1-64(2,3)44-24-29-48(30-25-44)70-59-33-28-47(67(10,11)12)39-56(59)69-55-40-54-61(49-22-18-19-23-53(49)68(54,13)14)63(52(55)35-43-34-42(36-60(70)62(43)69)41-20-16-15-17-21-41)71-57-31-26-45(65(4,5)6)37-50(57)51-38-46(66(7,8)9)27-32-58(51)71/h15-34,36-40H,35H2,1-14H3. The van der Waals surface area contributed by atoms with E-state index in [1.807, 2.05) is 0 Å². The van der Waals surface area contributed by atoms with Crippen LogP contribution in [0.2, 0.25) is 0 Å². The summed E-state index contributed by atoms with van der Waals surface area (Å²) in [6.45, 7) is 33.0. The van der Waals surface area contributed by atoms with Gasteiger partial charge in [-0.2, -0.15) is 0 Å². The van der Waals surface area contributed by atoms with Crippen molar-refractivity contribution in [3.8, 4) is 27.9 Å². The van der Waals surface area contributed by atoms with Crippen LogP contribution in [0.4, 0.5) is 17.1 Å². The van der Waals surface area contributed by atoms with Gasteiger partial charge in [-0.25, -0.2) is 0 Å². The fourth-order valence-electron chi connectivity index (χ4n) is 12.6. The van der Waals surface area contributed by atoms with E-state index in [1.165, 1.54) is 128 Å². The second-order valence-electron chi connectivity index (χ2n) is 25.9. The molecule has 3 aliphatic rings. The van der Waals surface area contributed by atoms with E-state index >= 15 is 0 Å². The molecule has 12 rings (SSSR count). The number of anilines is 3. The van der Waals surface area contributed by atoms with Crippen molar-refractivity contribution in [2.75, 3.05) is 4.90 Å². The Morgan fingerprint density at radius 2 is 1.01 bits per heavy atom. The molecule has 3 heteroatoms. The SMILES string of the molecule is CC(C)(C)c1ccc(N2c3ccc(C(C)(C)C)cc3B3c4cc5c(c(-n6c7ccc(C(C)(C)C)cc7c7cc(C(C)(C)C)ccc76)c4Cc4cc(-c6ccccc6)cc2c43)-c2ccccc2C5(C)C)cc1.